The second kappa shape index (κ2) is 17.6. The molecule has 2 aromatic carbocycles. The number of hydrogen-bond donors (Lipinski definition) is 0. The summed E-state index contributed by atoms with van der Waals surface area (Å²) in [6, 6.07) is 18.4. The van der Waals surface area contributed by atoms with Gasteiger partial charge >= 0.3 is 12.2 Å². The minimum Gasteiger partial charge on any atom is -0.444 e. The number of carbonyl (C=O) groups excluding carboxylic acids is 4. The Morgan fingerprint density at radius 2 is 1.56 bits per heavy atom. The maximum absolute atomic E-state index is 14.5. The van der Waals surface area contributed by atoms with Crippen molar-refractivity contribution in [3.8, 4) is 0 Å². The van der Waals surface area contributed by atoms with Crippen LogP contribution in [-0.4, -0.2) is 112 Å². The molecule has 3 atom stereocenters. The molecule has 3 aliphatic heterocycles. The van der Waals surface area contributed by atoms with Crippen LogP contribution >= 0.6 is 0 Å². The van der Waals surface area contributed by atoms with Gasteiger partial charge in [0, 0.05) is 19.1 Å². The van der Waals surface area contributed by atoms with Gasteiger partial charge in [-0.25, -0.2) is 9.59 Å². The van der Waals surface area contributed by atoms with Crippen LogP contribution in [0.5, 0.6) is 0 Å². The van der Waals surface area contributed by atoms with Crippen LogP contribution < -0.4 is 0 Å². The van der Waals surface area contributed by atoms with E-state index in [1.807, 2.05) is 100 Å². The van der Waals surface area contributed by atoms with Gasteiger partial charge in [0.25, 0.3) is 5.91 Å². The number of fused-ring (bicyclic) bond motifs is 1. The number of hydroxylamine groups is 2. The summed E-state index contributed by atoms with van der Waals surface area (Å²) in [5.74, 6) is -0.285. The van der Waals surface area contributed by atoms with Crippen molar-refractivity contribution in [3.05, 3.63) is 71.8 Å². The Bertz CT molecular complexity index is 1490. The zero-order chi connectivity index (χ0) is 37.4. The van der Waals surface area contributed by atoms with Gasteiger partial charge < -0.3 is 29.1 Å². The van der Waals surface area contributed by atoms with E-state index in [0.29, 0.717) is 38.8 Å². The number of likely N-dealkylation sites (tertiary alicyclic amines) is 1. The van der Waals surface area contributed by atoms with E-state index in [1.165, 1.54) is 5.06 Å². The Kier molecular flexibility index (Phi) is 13.2. The molecule has 3 fully saturated rings. The normalized spacial score (nSPS) is 21.7. The highest BCUT2D eigenvalue weighted by Gasteiger charge is 2.54. The Labute approximate surface area is 308 Å². The molecule has 284 valence electrons. The van der Waals surface area contributed by atoms with Crippen molar-refractivity contribution in [3.63, 3.8) is 0 Å². The first-order valence-corrected chi connectivity index (χ1v) is 18.8. The van der Waals surface area contributed by atoms with Crippen LogP contribution in [0.15, 0.2) is 60.7 Å². The number of carbonyl (C=O) groups is 4. The SMILES string of the molecule is CC(C)C[C@H]1ON(C(=O)OCc2ccccc2)C2CN(C3CCN(C)CC3)C(=O)[C@H](CCCCN(Cc3ccccc3)C(=O)OC(C)(C)C)N2C1=O. The van der Waals surface area contributed by atoms with Gasteiger partial charge in [-0.2, -0.15) is 5.06 Å². The van der Waals surface area contributed by atoms with Crippen molar-refractivity contribution in [1.82, 2.24) is 24.7 Å². The molecule has 0 aromatic heterocycles. The fourth-order valence-electron chi connectivity index (χ4n) is 7.20. The van der Waals surface area contributed by atoms with E-state index >= 15 is 0 Å². The third-order valence-corrected chi connectivity index (χ3v) is 9.85. The summed E-state index contributed by atoms with van der Waals surface area (Å²) < 4.78 is 11.5. The zero-order valence-electron chi connectivity index (χ0n) is 31.7. The smallest absolute Gasteiger partial charge is 0.436 e. The van der Waals surface area contributed by atoms with E-state index in [1.54, 1.807) is 9.80 Å². The summed E-state index contributed by atoms with van der Waals surface area (Å²) in [6.07, 6.45) is 0.658. The molecule has 2 aromatic rings. The Morgan fingerprint density at radius 1 is 0.923 bits per heavy atom. The molecule has 0 aliphatic carbocycles. The summed E-state index contributed by atoms with van der Waals surface area (Å²) >= 11 is 0. The molecule has 3 aliphatic rings. The largest absolute Gasteiger partial charge is 0.444 e. The Balaban J connectivity index is 1.37. The first-order chi connectivity index (χ1) is 24.8. The molecule has 4 amide bonds. The first kappa shape index (κ1) is 39.1. The Hall–Kier alpha value is -4.16. The molecular weight excluding hydrogens is 662 g/mol. The molecule has 1 unspecified atom stereocenters. The van der Waals surface area contributed by atoms with Crippen LogP contribution in [0.2, 0.25) is 0 Å². The van der Waals surface area contributed by atoms with Crippen LogP contribution in [0.3, 0.4) is 0 Å². The predicted octanol–water partition coefficient (Wildman–Crippen LogP) is 6.05. The highest BCUT2D eigenvalue weighted by molar-refractivity contribution is 5.92. The lowest BCUT2D eigenvalue weighted by atomic mass is 9.95. The van der Waals surface area contributed by atoms with Crippen LogP contribution in [-0.2, 0) is 37.1 Å². The summed E-state index contributed by atoms with van der Waals surface area (Å²) in [7, 11) is 2.07. The van der Waals surface area contributed by atoms with Gasteiger partial charge in [-0.15, -0.1) is 0 Å². The molecule has 3 saturated heterocycles. The third-order valence-electron chi connectivity index (χ3n) is 9.85. The number of piperazine rings is 1. The second-order valence-electron chi connectivity index (χ2n) is 15.7. The maximum Gasteiger partial charge on any atom is 0.436 e. The fourth-order valence-corrected chi connectivity index (χ4v) is 7.20. The fraction of sp³-hybridized carbons (Fsp3) is 0.600. The average Bonchev–Trinajstić information content (AvgIpc) is 3.10. The van der Waals surface area contributed by atoms with Crippen LogP contribution in [0, 0.1) is 5.92 Å². The predicted molar refractivity (Wildman–Crippen MR) is 196 cm³/mol. The highest BCUT2D eigenvalue weighted by atomic mass is 16.7. The van der Waals surface area contributed by atoms with Crippen molar-refractivity contribution >= 4 is 24.0 Å². The van der Waals surface area contributed by atoms with E-state index in [4.69, 9.17) is 14.3 Å². The number of hydrogen-bond acceptors (Lipinski definition) is 8. The summed E-state index contributed by atoms with van der Waals surface area (Å²) in [5.41, 5.74) is 1.17. The molecule has 0 radical (unpaired) electrons. The van der Waals surface area contributed by atoms with Gasteiger partial charge in [0.05, 0.1) is 6.54 Å². The topological polar surface area (TPSA) is 112 Å². The highest BCUT2D eigenvalue weighted by Crippen LogP contribution is 2.34. The van der Waals surface area contributed by atoms with E-state index < -0.39 is 36.1 Å². The van der Waals surface area contributed by atoms with E-state index in [-0.39, 0.29) is 36.9 Å². The number of benzene rings is 2. The quantitative estimate of drug-likeness (QED) is 0.244. The first-order valence-electron chi connectivity index (χ1n) is 18.8. The third kappa shape index (κ3) is 10.2. The molecule has 0 bridgehead atoms. The number of unbranched alkanes of at least 4 members (excludes halogenated alkanes) is 1. The average molecular weight is 720 g/mol. The molecule has 0 saturated carbocycles. The van der Waals surface area contributed by atoms with Crippen LogP contribution in [0.4, 0.5) is 9.59 Å². The lowest BCUT2D eigenvalue weighted by Gasteiger charge is -2.54. The number of amides is 4. The van der Waals surface area contributed by atoms with E-state index in [9.17, 15) is 19.2 Å². The van der Waals surface area contributed by atoms with Gasteiger partial charge in [-0.3, -0.25) is 14.4 Å². The minimum atomic E-state index is -0.931. The standard InChI is InChI=1S/C40H57N5O7/c1-29(2)25-34-37(47)44-33(19-13-14-22-42(38(48)51-40(3,4)5)26-30-15-9-7-10-16-30)36(46)43(32-20-23-41(6)24-21-32)27-35(44)45(52-34)39(49)50-28-31-17-11-8-12-18-31/h7-12,15-18,29,32-35H,13-14,19-28H2,1-6H3/t33-,34+,35?/m0/s1. The van der Waals surface area contributed by atoms with Gasteiger partial charge in [-0.05, 0) is 96.5 Å². The monoisotopic (exact) mass is 719 g/mol. The minimum absolute atomic E-state index is 0.0208. The second-order valence-corrected chi connectivity index (χ2v) is 15.7. The van der Waals surface area contributed by atoms with E-state index in [0.717, 1.165) is 37.1 Å². The summed E-state index contributed by atoms with van der Waals surface area (Å²) in [5, 5.41) is 1.21. The number of nitrogens with zero attached hydrogens (tertiary/aromatic N) is 5. The van der Waals surface area contributed by atoms with Gasteiger partial charge in [0.1, 0.15) is 18.2 Å². The molecular formula is C40H57N5O7. The molecule has 52 heavy (non-hydrogen) atoms. The summed E-state index contributed by atoms with van der Waals surface area (Å²) in [6.45, 7) is 12.2. The molecule has 3 heterocycles. The molecule has 0 N–H and O–H groups in total. The molecule has 12 heteroatoms. The van der Waals surface area contributed by atoms with Crippen molar-refractivity contribution in [2.75, 3.05) is 33.2 Å². The molecule has 12 nitrogen and oxygen atoms in total. The number of rotatable bonds is 12. The van der Waals surface area contributed by atoms with Gasteiger partial charge in [0.2, 0.25) is 5.91 Å². The van der Waals surface area contributed by atoms with Crippen molar-refractivity contribution < 1.29 is 33.5 Å². The lowest BCUT2D eigenvalue weighted by Crippen LogP contribution is -2.74. The maximum atomic E-state index is 14.5. The van der Waals surface area contributed by atoms with Crippen molar-refractivity contribution in [1.29, 1.82) is 0 Å². The van der Waals surface area contributed by atoms with Gasteiger partial charge in [0.15, 0.2) is 12.3 Å². The Morgan fingerprint density at radius 3 is 2.17 bits per heavy atom. The summed E-state index contributed by atoms with van der Waals surface area (Å²) in [4.78, 5) is 69.5. The van der Waals surface area contributed by atoms with Crippen LogP contribution in [0.1, 0.15) is 84.3 Å². The van der Waals surface area contributed by atoms with Gasteiger partial charge in [-0.1, -0.05) is 74.5 Å². The zero-order valence-corrected chi connectivity index (χ0v) is 31.7. The number of piperidine rings is 1. The van der Waals surface area contributed by atoms with E-state index in [2.05, 4.69) is 11.9 Å². The molecule has 0 spiro atoms. The number of ether oxygens (including phenoxy) is 2. The van der Waals surface area contributed by atoms with Crippen molar-refractivity contribution in [2.45, 2.75) is 116 Å². The van der Waals surface area contributed by atoms with Crippen LogP contribution in [0.25, 0.3) is 0 Å². The molecule has 5 rings (SSSR count). The van der Waals surface area contributed by atoms with Crippen molar-refractivity contribution in [2.24, 2.45) is 5.92 Å². The lowest BCUT2D eigenvalue weighted by molar-refractivity contribution is -0.270.